The van der Waals surface area contributed by atoms with Crippen molar-refractivity contribution in [3.63, 3.8) is 0 Å². The molecular weight excluding hydrogens is 362 g/mol. The number of nitrogens with zero attached hydrogens (tertiary/aromatic N) is 1. The molecule has 0 bridgehead atoms. The molecule has 2 rings (SSSR count). The van der Waals surface area contributed by atoms with E-state index in [-0.39, 0.29) is 0 Å². The van der Waals surface area contributed by atoms with Crippen LogP contribution >= 0.6 is 22.9 Å². The van der Waals surface area contributed by atoms with E-state index in [1.165, 1.54) is 11.3 Å². The van der Waals surface area contributed by atoms with Gasteiger partial charge in [0.15, 0.2) is 0 Å². The van der Waals surface area contributed by atoms with Gasteiger partial charge in [0.05, 0.1) is 10.6 Å². The summed E-state index contributed by atoms with van der Waals surface area (Å²) < 4.78 is 26.3. The van der Waals surface area contributed by atoms with E-state index < -0.39 is 22.0 Å². The van der Waals surface area contributed by atoms with E-state index in [1.54, 1.807) is 24.3 Å². The highest BCUT2D eigenvalue weighted by molar-refractivity contribution is 7.85. The molecule has 0 aliphatic rings. The summed E-state index contributed by atoms with van der Waals surface area (Å²) in [5, 5.41) is 5.33. The number of thiophene rings is 1. The molecule has 0 aliphatic heterocycles. The number of amides is 1. The van der Waals surface area contributed by atoms with Crippen LogP contribution in [0.2, 0.25) is 4.34 Å². The Kier molecular flexibility index (Phi) is 5.24. The van der Waals surface area contributed by atoms with E-state index in [9.17, 15) is 13.2 Å². The minimum absolute atomic E-state index is 0.324. The molecule has 0 saturated heterocycles. The Balaban J connectivity index is 2.14. The van der Waals surface area contributed by atoms with E-state index in [2.05, 4.69) is 14.8 Å². The largest absolute Gasteiger partial charge is 0.367 e. The zero-order valence-electron chi connectivity index (χ0n) is 11.8. The first-order chi connectivity index (χ1) is 10.7. The number of oxime groups is 1. The lowest BCUT2D eigenvalue weighted by atomic mass is 10.1. The van der Waals surface area contributed by atoms with Crippen LogP contribution in [0.1, 0.15) is 10.4 Å². The maximum Gasteiger partial charge on any atom is 0.325 e. The molecule has 1 heterocycles. The molecule has 0 unspecified atom stereocenters. The lowest BCUT2D eigenvalue weighted by Crippen LogP contribution is -2.37. The minimum atomic E-state index is -3.79. The highest BCUT2D eigenvalue weighted by Crippen LogP contribution is 2.31. The average Bonchev–Trinajstić information content (AvgIpc) is 2.91. The Labute approximate surface area is 141 Å². The average molecular weight is 374 g/mol. The monoisotopic (exact) mass is 373 g/mol. The second-order valence-corrected chi connectivity index (χ2v) is 7.67. The number of carbonyl (C=O) groups is 1. The van der Waals surface area contributed by atoms with Crippen molar-refractivity contribution in [2.45, 2.75) is 0 Å². The van der Waals surface area contributed by atoms with Gasteiger partial charge in [0.25, 0.3) is 5.91 Å². The van der Waals surface area contributed by atoms with Crippen molar-refractivity contribution in [2.75, 3.05) is 6.26 Å². The van der Waals surface area contributed by atoms with Gasteiger partial charge in [-0.2, -0.15) is 8.42 Å². The Morgan fingerprint density at radius 2 is 2.09 bits per heavy atom. The summed E-state index contributed by atoms with van der Waals surface area (Å²) in [5.74, 6) is -1.02. The van der Waals surface area contributed by atoms with Crippen molar-refractivity contribution in [3.8, 4) is 10.4 Å². The molecule has 10 heteroatoms. The summed E-state index contributed by atoms with van der Waals surface area (Å²) in [6.45, 7) is 0. The zero-order valence-corrected chi connectivity index (χ0v) is 14.2. The van der Waals surface area contributed by atoms with Gasteiger partial charge in [-0.25, -0.2) is 0 Å². The van der Waals surface area contributed by atoms with Crippen LogP contribution in [0.5, 0.6) is 0 Å². The first-order valence-electron chi connectivity index (χ1n) is 6.14. The van der Waals surface area contributed by atoms with E-state index >= 15 is 0 Å². The molecule has 0 aliphatic carbocycles. The summed E-state index contributed by atoms with van der Waals surface area (Å²) in [5.41, 5.74) is 6.53. The minimum Gasteiger partial charge on any atom is -0.367 e. The van der Waals surface area contributed by atoms with Gasteiger partial charge in [-0.15, -0.1) is 11.3 Å². The highest BCUT2D eigenvalue weighted by atomic mass is 35.5. The quantitative estimate of drug-likeness (QED) is 0.483. The molecule has 0 atom stereocenters. The van der Waals surface area contributed by atoms with E-state index in [0.29, 0.717) is 9.90 Å². The maximum absolute atomic E-state index is 12.1. The topological polar surface area (TPSA) is 111 Å². The third-order valence-corrected chi connectivity index (χ3v) is 4.12. The maximum atomic E-state index is 12.1. The van der Waals surface area contributed by atoms with Gasteiger partial charge in [0, 0.05) is 10.4 Å². The van der Waals surface area contributed by atoms with Gasteiger partial charge in [-0.1, -0.05) is 23.7 Å². The molecule has 0 fully saturated rings. The first-order valence-corrected chi connectivity index (χ1v) is 9.15. The zero-order chi connectivity index (χ0) is 17.0. The molecule has 0 saturated carbocycles. The number of hydrogen-bond donors (Lipinski definition) is 2. The van der Waals surface area contributed by atoms with Crippen LogP contribution in [0.25, 0.3) is 10.4 Å². The summed E-state index contributed by atoms with van der Waals surface area (Å²) in [4.78, 5) is 13.0. The van der Waals surface area contributed by atoms with E-state index in [0.717, 1.165) is 16.7 Å². The van der Waals surface area contributed by atoms with Crippen molar-refractivity contribution in [2.24, 2.45) is 10.9 Å². The second-order valence-electron chi connectivity index (χ2n) is 4.39. The first kappa shape index (κ1) is 17.3. The van der Waals surface area contributed by atoms with Gasteiger partial charge >= 0.3 is 10.1 Å². The van der Waals surface area contributed by atoms with E-state index in [1.807, 2.05) is 12.1 Å². The van der Waals surface area contributed by atoms with Crippen LogP contribution < -0.4 is 11.1 Å². The molecule has 3 N–H and O–H groups in total. The van der Waals surface area contributed by atoms with Gasteiger partial charge in [0.2, 0.25) is 5.96 Å². The third kappa shape index (κ3) is 5.23. The van der Waals surface area contributed by atoms with Crippen LogP contribution in [0.4, 0.5) is 0 Å². The fourth-order valence-electron chi connectivity index (χ4n) is 1.60. The Hall–Kier alpha value is -2.10. The van der Waals surface area contributed by atoms with Crippen molar-refractivity contribution in [1.82, 2.24) is 5.32 Å². The fourth-order valence-corrected chi connectivity index (χ4v) is 2.86. The van der Waals surface area contributed by atoms with Crippen LogP contribution in [0, 0.1) is 0 Å². The lowest BCUT2D eigenvalue weighted by molar-refractivity contribution is 0.0975. The number of carbonyl (C=O) groups excluding carboxylic acids is 1. The molecule has 0 radical (unpaired) electrons. The molecule has 1 amide bonds. The number of benzene rings is 1. The molecular formula is C13H12ClN3O4S2. The van der Waals surface area contributed by atoms with Gasteiger partial charge in [0.1, 0.15) is 0 Å². The molecule has 7 nitrogen and oxygen atoms in total. The van der Waals surface area contributed by atoms with Crippen LogP contribution in [0.3, 0.4) is 0 Å². The number of nitrogens with one attached hydrogen (secondary N) is 1. The Morgan fingerprint density at radius 3 is 2.70 bits per heavy atom. The Bertz CT molecular complexity index is 862. The highest BCUT2D eigenvalue weighted by Gasteiger charge is 2.10. The van der Waals surface area contributed by atoms with Gasteiger partial charge < -0.3 is 5.73 Å². The molecule has 0 spiro atoms. The third-order valence-electron chi connectivity index (χ3n) is 2.50. The summed E-state index contributed by atoms with van der Waals surface area (Å²) in [6.07, 6.45) is 0.807. The second kappa shape index (κ2) is 6.99. The van der Waals surface area contributed by atoms with Crippen LogP contribution in [0.15, 0.2) is 41.6 Å². The number of hydrogen-bond acceptors (Lipinski definition) is 6. The number of nitrogens with two attached hydrogens (primary N) is 1. The molecule has 1 aromatic carbocycles. The number of halogens is 1. The fraction of sp³-hybridized carbons (Fsp3) is 0.0769. The van der Waals surface area contributed by atoms with Crippen molar-refractivity contribution in [1.29, 1.82) is 0 Å². The summed E-state index contributed by atoms with van der Waals surface area (Å²) in [6, 6.07) is 10.4. The predicted molar refractivity (Wildman–Crippen MR) is 89.8 cm³/mol. The van der Waals surface area contributed by atoms with Crippen molar-refractivity contribution >= 4 is 44.9 Å². The normalized spacial score (nSPS) is 12.0. The van der Waals surface area contributed by atoms with Crippen molar-refractivity contribution < 1.29 is 17.5 Å². The summed E-state index contributed by atoms with van der Waals surface area (Å²) >= 11 is 7.28. The van der Waals surface area contributed by atoms with Gasteiger partial charge in [-0.05, 0) is 35.0 Å². The van der Waals surface area contributed by atoms with Gasteiger partial charge in [-0.3, -0.25) is 14.4 Å². The Morgan fingerprint density at radius 1 is 1.35 bits per heavy atom. The molecule has 2 aromatic rings. The molecule has 1 aromatic heterocycles. The summed E-state index contributed by atoms with van der Waals surface area (Å²) in [7, 11) is -3.79. The van der Waals surface area contributed by atoms with Crippen molar-refractivity contribution in [3.05, 3.63) is 46.3 Å². The standard InChI is InChI=1S/C13H12ClN3O4S2/c1-23(19,20)21-17-13(15)16-12(18)9-4-2-3-8(7-9)10-5-6-11(14)22-10/h2-7H,1H3,(H3,15,16,17,18). The molecule has 122 valence electrons. The van der Waals surface area contributed by atoms with Crippen LogP contribution in [-0.4, -0.2) is 26.5 Å². The molecule has 23 heavy (non-hydrogen) atoms. The number of guanidine groups is 1. The smallest absolute Gasteiger partial charge is 0.325 e. The number of rotatable bonds is 4. The predicted octanol–water partition coefficient (Wildman–Crippen LogP) is 2.00. The lowest BCUT2D eigenvalue weighted by Gasteiger charge is -2.05. The van der Waals surface area contributed by atoms with Crippen LogP contribution in [-0.2, 0) is 14.4 Å². The SMILES string of the molecule is CS(=O)(=O)ON=C(N)NC(=O)c1cccc(-c2ccc(Cl)s2)c1. The van der Waals surface area contributed by atoms with E-state index in [4.69, 9.17) is 17.3 Å².